The van der Waals surface area contributed by atoms with Crippen molar-refractivity contribution < 1.29 is 4.79 Å². The molecule has 1 heterocycles. The van der Waals surface area contributed by atoms with Crippen LogP contribution in [0.5, 0.6) is 0 Å². The molecule has 1 atom stereocenters. The quantitative estimate of drug-likeness (QED) is 0.750. The van der Waals surface area contributed by atoms with Crippen LogP contribution in [0.15, 0.2) is 30.3 Å². The van der Waals surface area contributed by atoms with Crippen molar-refractivity contribution in [2.24, 2.45) is 0 Å². The molecule has 0 aliphatic carbocycles. The Morgan fingerprint density at radius 3 is 2.71 bits per heavy atom. The van der Waals surface area contributed by atoms with Gasteiger partial charge in [0.2, 0.25) is 5.91 Å². The summed E-state index contributed by atoms with van der Waals surface area (Å²) >= 11 is 1.70. The van der Waals surface area contributed by atoms with Crippen LogP contribution in [0, 0.1) is 0 Å². The number of likely N-dealkylation sites (tertiary alicyclic amines) is 1. The summed E-state index contributed by atoms with van der Waals surface area (Å²) in [4.78, 5) is 14.5. The zero-order valence-electron chi connectivity index (χ0n) is 12.9. The van der Waals surface area contributed by atoms with Gasteiger partial charge < -0.3 is 10.2 Å². The number of thioether (sulfide) groups is 1. The molecule has 0 bridgehead atoms. The van der Waals surface area contributed by atoms with Crippen molar-refractivity contribution in [3.8, 4) is 0 Å². The predicted molar refractivity (Wildman–Crippen MR) is 90.5 cm³/mol. The zero-order chi connectivity index (χ0) is 14.9. The van der Waals surface area contributed by atoms with E-state index in [1.165, 1.54) is 31.5 Å². The Morgan fingerprint density at radius 1 is 1.29 bits per heavy atom. The van der Waals surface area contributed by atoms with Crippen LogP contribution in [0.4, 0.5) is 0 Å². The standard InChI is InChI=1S/C17H26N2OS/c1-15(21-14-16-8-3-2-4-9-16)17(20)18-10-7-13-19-11-5-6-12-19/h2-4,8-9,15H,5-7,10-14H2,1H3,(H,18,20)/t15-/m1/s1. The molecule has 3 nitrogen and oxygen atoms in total. The first kappa shape index (κ1) is 16.4. The van der Waals surface area contributed by atoms with E-state index in [1.54, 1.807) is 11.8 Å². The molecule has 21 heavy (non-hydrogen) atoms. The van der Waals surface area contributed by atoms with Gasteiger partial charge in [-0.2, -0.15) is 0 Å². The van der Waals surface area contributed by atoms with Gasteiger partial charge in [-0.1, -0.05) is 30.3 Å². The molecule has 0 saturated carbocycles. The number of nitrogens with one attached hydrogen (secondary N) is 1. The van der Waals surface area contributed by atoms with E-state index in [1.807, 2.05) is 25.1 Å². The number of carbonyl (C=O) groups is 1. The van der Waals surface area contributed by atoms with E-state index in [0.717, 1.165) is 25.3 Å². The molecule has 4 heteroatoms. The molecule has 1 aliphatic heterocycles. The first-order valence-electron chi connectivity index (χ1n) is 7.91. The van der Waals surface area contributed by atoms with Crippen LogP contribution in [0.25, 0.3) is 0 Å². The maximum absolute atomic E-state index is 12.0. The van der Waals surface area contributed by atoms with Crippen molar-refractivity contribution in [3.05, 3.63) is 35.9 Å². The Hall–Kier alpha value is -1.00. The van der Waals surface area contributed by atoms with E-state index in [2.05, 4.69) is 22.3 Å². The summed E-state index contributed by atoms with van der Waals surface area (Å²) < 4.78 is 0. The molecule has 1 fully saturated rings. The molecule has 116 valence electrons. The Bertz CT molecular complexity index is 418. The fourth-order valence-electron chi connectivity index (χ4n) is 2.54. The van der Waals surface area contributed by atoms with Gasteiger partial charge in [-0.15, -0.1) is 11.8 Å². The van der Waals surface area contributed by atoms with Crippen LogP contribution in [0.3, 0.4) is 0 Å². The monoisotopic (exact) mass is 306 g/mol. The molecule has 0 aromatic heterocycles. The molecular formula is C17H26N2OS. The number of amides is 1. The third-order valence-corrected chi connectivity index (χ3v) is 5.08. The third-order valence-electron chi connectivity index (χ3n) is 3.86. The summed E-state index contributed by atoms with van der Waals surface area (Å²) in [6.07, 6.45) is 3.72. The van der Waals surface area contributed by atoms with Crippen LogP contribution in [-0.2, 0) is 10.5 Å². The minimum absolute atomic E-state index is 0.0111. The molecule has 1 N–H and O–H groups in total. The van der Waals surface area contributed by atoms with E-state index in [-0.39, 0.29) is 11.2 Å². The molecule has 1 aromatic rings. The summed E-state index contributed by atoms with van der Waals surface area (Å²) in [5.41, 5.74) is 1.27. The lowest BCUT2D eigenvalue weighted by Gasteiger charge is -2.15. The van der Waals surface area contributed by atoms with Crippen molar-refractivity contribution in [1.82, 2.24) is 10.2 Å². The van der Waals surface area contributed by atoms with Crippen LogP contribution < -0.4 is 5.32 Å². The van der Waals surface area contributed by atoms with Crippen LogP contribution >= 0.6 is 11.8 Å². The summed E-state index contributed by atoms with van der Waals surface area (Å²) in [6, 6.07) is 10.3. The second kappa shape index (κ2) is 9.11. The van der Waals surface area contributed by atoms with Crippen LogP contribution in [-0.4, -0.2) is 42.2 Å². The highest BCUT2D eigenvalue weighted by Crippen LogP contribution is 2.17. The van der Waals surface area contributed by atoms with Crippen molar-refractivity contribution >= 4 is 17.7 Å². The van der Waals surface area contributed by atoms with Gasteiger partial charge in [0.1, 0.15) is 0 Å². The lowest BCUT2D eigenvalue weighted by atomic mass is 10.2. The first-order chi connectivity index (χ1) is 10.3. The lowest BCUT2D eigenvalue weighted by molar-refractivity contribution is -0.120. The number of hydrogen-bond acceptors (Lipinski definition) is 3. The molecule has 0 spiro atoms. The third kappa shape index (κ3) is 6.10. The topological polar surface area (TPSA) is 32.3 Å². The molecule has 0 unspecified atom stereocenters. The first-order valence-corrected chi connectivity index (χ1v) is 8.96. The van der Waals surface area contributed by atoms with Crippen molar-refractivity contribution in [2.45, 2.75) is 37.2 Å². The summed E-state index contributed by atoms with van der Waals surface area (Å²) in [5, 5.41) is 3.07. The van der Waals surface area contributed by atoms with Gasteiger partial charge in [-0.3, -0.25) is 4.79 Å². The number of hydrogen-bond donors (Lipinski definition) is 1. The van der Waals surface area contributed by atoms with E-state index < -0.39 is 0 Å². The van der Waals surface area contributed by atoms with E-state index >= 15 is 0 Å². The largest absolute Gasteiger partial charge is 0.355 e. The molecule has 1 amide bonds. The Morgan fingerprint density at radius 2 is 2.00 bits per heavy atom. The Balaban J connectivity index is 1.56. The minimum atomic E-state index is 0.0111. The lowest BCUT2D eigenvalue weighted by Crippen LogP contribution is -2.33. The highest BCUT2D eigenvalue weighted by molar-refractivity contribution is 7.99. The molecular weight excluding hydrogens is 280 g/mol. The van der Waals surface area contributed by atoms with Gasteiger partial charge in [0, 0.05) is 12.3 Å². The van der Waals surface area contributed by atoms with Crippen LogP contribution in [0.2, 0.25) is 0 Å². The predicted octanol–water partition coefficient (Wildman–Crippen LogP) is 2.91. The highest BCUT2D eigenvalue weighted by Gasteiger charge is 2.14. The summed E-state index contributed by atoms with van der Waals surface area (Å²) in [6.45, 7) is 6.37. The van der Waals surface area contributed by atoms with Crippen molar-refractivity contribution in [2.75, 3.05) is 26.2 Å². The highest BCUT2D eigenvalue weighted by atomic mass is 32.2. The molecule has 0 radical (unpaired) electrons. The maximum atomic E-state index is 12.0. The fourth-order valence-corrected chi connectivity index (χ4v) is 3.40. The average Bonchev–Trinajstić information content (AvgIpc) is 3.03. The van der Waals surface area contributed by atoms with E-state index in [4.69, 9.17) is 0 Å². The van der Waals surface area contributed by atoms with Crippen molar-refractivity contribution in [1.29, 1.82) is 0 Å². The van der Waals surface area contributed by atoms with Gasteiger partial charge >= 0.3 is 0 Å². The molecule has 2 rings (SSSR count). The second-order valence-corrected chi connectivity index (χ2v) is 6.96. The number of rotatable bonds is 8. The van der Waals surface area contributed by atoms with Gasteiger partial charge in [0.05, 0.1) is 5.25 Å². The summed E-state index contributed by atoms with van der Waals surface area (Å²) in [5.74, 6) is 1.06. The minimum Gasteiger partial charge on any atom is -0.355 e. The zero-order valence-corrected chi connectivity index (χ0v) is 13.7. The van der Waals surface area contributed by atoms with Gasteiger partial charge in [-0.05, 0) is 51.4 Å². The summed E-state index contributed by atoms with van der Waals surface area (Å²) in [7, 11) is 0. The van der Waals surface area contributed by atoms with Gasteiger partial charge in [0.25, 0.3) is 0 Å². The normalized spacial score (nSPS) is 16.8. The molecule has 1 saturated heterocycles. The van der Waals surface area contributed by atoms with E-state index in [9.17, 15) is 4.79 Å². The fraction of sp³-hybridized carbons (Fsp3) is 0.588. The SMILES string of the molecule is C[C@@H](SCc1ccccc1)C(=O)NCCCN1CCCC1. The van der Waals surface area contributed by atoms with E-state index in [0.29, 0.717) is 0 Å². The number of benzene rings is 1. The smallest absolute Gasteiger partial charge is 0.232 e. The number of carbonyl (C=O) groups excluding carboxylic acids is 1. The number of nitrogens with zero attached hydrogens (tertiary/aromatic N) is 1. The maximum Gasteiger partial charge on any atom is 0.232 e. The van der Waals surface area contributed by atoms with Gasteiger partial charge in [-0.25, -0.2) is 0 Å². The Labute approximate surface area is 132 Å². The average molecular weight is 306 g/mol. The Kier molecular flexibility index (Phi) is 7.10. The van der Waals surface area contributed by atoms with Crippen molar-refractivity contribution in [3.63, 3.8) is 0 Å². The van der Waals surface area contributed by atoms with Gasteiger partial charge in [0.15, 0.2) is 0 Å². The molecule has 1 aliphatic rings. The van der Waals surface area contributed by atoms with Crippen LogP contribution in [0.1, 0.15) is 31.7 Å². The second-order valence-electron chi connectivity index (χ2n) is 5.63. The molecule has 1 aromatic carbocycles.